The molecule has 0 spiro atoms. The number of hydrogen-bond acceptors (Lipinski definition) is 3. The highest BCUT2D eigenvalue weighted by molar-refractivity contribution is 5.96. The Kier molecular flexibility index (Phi) is 2.86. The number of Topliss-reactive ketones (excluding diaryl/α,β-unsaturated/α-hetero) is 1. The molecular formula is C11H8F2N2O2. The maximum atomic E-state index is 13.3. The molecule has 17 heavy (non-hydrogen) atoms. The van der Waals surface area contributed by atoms with Crippen LogP contribution in [0, 0.1) is 17.0 Å². The fourth-order valence-corrected chi connectivity index (χ4v) is 1.38. The van der Waals surface area contributed by atoms with Gasteiger partial charge in [-0.05, 0) is 18.2 Å². The average molecular weight is 238 g/mol. The number of oxazole rings is 1. The zero-order chi connectivity index (χ0) is 12.4. The first-order valence-electron chi connectivity index (χ1n) is 4.74. The zero-order valence-corrected chi connectivity index (χ0v) is 8.61. The number of nitrogens with zero attached hydrogens (tertiary/aromatic N) is 1. The Morgan fingerprint density at radius 1 is 1.41 bits per heavy atom. The largest absolute Gasteiger partial charge is 0.432 e. The van der Waals surface area contributed by atoms with Gasteiger partial charge < -0.3 is 4.42 Å². The van der Waals surface area contributed by atoms with Gasteiger partial charge in [-0.3, -0.25) is 14.8 Å². The van der Waals surface area contributed by atoms with Crippen molar-refractivity contribution >= 4 is 5.78 Å². The minimum atomic E-state index is -0.785. The zero-order valence-electron chi connectivity index (χ0n) is 8.61. The van der Waals surface area contributed by atoms with Crippen LogP contribution in [0.1, 0.15) is 10.4 Å². The van der Waals surface area contributed by atoms with E-state index < -0.39 is 17.4 Å². The molecule has 0 bridgehead atoms. The number of carbonyl (C=O) groups is 1. The highest BCUT2D eigenvalue weighted by atomic mass is 19.1. The molecule has 0 saturated carbocycles. The molecule has 6 heteroatoms. The maximum Gasteiger partial charge on any atom is 0.294 e. The van der Waals surface area contributed by atoms with Crippen molar-refractivity contribution in [2.24, 2.45) is 0 Å². The van der Waals surface area contributed by atoms with Gasteiger partial charge in [0.25, 0.3) is 5.68 Å². The first-order chi connectivity index (χ1) is 8.08. The number of carbonyl (C=O) groups excluding carboxylic acids is 1. The Balaban J connectivity index is 2.29. The predicted octanol–water partition coefficient (Wildman–Crippen LogP) is 1.72. The van der Waals surface area contributed by atoms with E-state index in [2.05, 4.69) is 4.42 Å². The van der Waals surface area contributed by atoms with Crippen LogP contribution < -0.4 is 5.68 Å². The third-order valence-corrected chi connectivity index (χ3v) is 2.22. The third kappa shape index (κ3) is 2.30. The lowest BCUT2D eigenvalue weighted by Crippen LogP contribution is -2.20. The van der Waals surface area contributed by atoms with Crippen LogP contribution in [0.2, 0.25) is 0 Å². The molecule has 0 aliphatic heterocycles. The molecule has 2 aromatic rings. The Bertz CT molecular complexity index is 616. The summed E-state index contributed by atoms with van der Waals surface area (Å²) in [7, 11) is 0. The molecule has 0 saturated heterocycles. The minimum Gasteiger partial charge on any atom is -0.432 e. The first-order valence-corrected chi connectivity index (χ1v) is 4.74. The van der Waals surface area contributed by atoms with Gasteiger partial charge in [-0.2, -0.15) is 0 Å². The Hall–Kier alpha value is -2.24. The lowest BCUT2D eigenvalue weighted by atomic mass is 10.1. The van der Waals surface area contributed by atoms with Crippen molar-refractivity contribution in [2.45, 2.75) is 6.54 Å². The fraction of sp³-hybridized carbons (Fsp3) is 0.0909. The molecule has 88 valence electrons. The molecule has 0 unspecified atom stereocenters. The molecule has 1 aromatic heterocycles. The van der Waals surface area contributed by atoms with Crippen molar-refractivity contribution in [1.29, 1.82) is 5.41 Å². The summed E-state index contributed by atoms with van der Waals surface area (Å²) in [5, 5.41) is 7.28. The number of hydrogen-bond donors (Lipinski definition) is 1. The van der Waals surface area contributed by atoms with E-state index in [9.17, 15) is 13.6 Å². The van der Waals surface area contributed by atoms with Crippen LogP contribution in [0.5, 0.6) is 0 Å². The molecule has 1 N–H and O–H groups in total. The van der Waals surface area contributed by atoms with E-state index in [1.54, 1.807) is 0 Å². The molecule has 0 amide bonds. The molecule has 4 nitrogen and oxygen atoms in total. The number of halogens is 2. The molecule has 0 atom stereocenters. The van der Waals surface area contributed by atoms with E-state index in [0.29, 0.717) is 0 Å². The summed E-state index contributed by atoms with van der Waals surface area (Å²) in [4.78, 5) is 11.7. The van der Waals surface area contributed by atoms with Crippen molar-refractivity contribution < 1.29 is 18.0 Å². The van der Waals surface area contributed by atoms with Crippen LogP contribution in [-0.2, 0) is 6.54 Å². The number of rotatable bonds is 3. The predicted molar refractivity (Wildman–Crippen MR) is 53.2 cm³/mol. The van der Waals surface area contributed by atoms with E-state index >= 15 is 0 Å². The van der Waals surface area contributed by atoms with Crippen LogP contribution >= 0.6 is 0 Å². The minimum absolute atomic E-state index is 0.227. The second-order valence-corrected chi connectivity index (χ2v) is 3.38. The number of aromatic nitrogens is 1. The molecular weight excluding hydrogens is 230 g/mol. The van der Waals surface area contributed by atoms with Crippen LogP contribution in [0.3, 0.4) is 0 Å². The van der Waals surface area contributed by atoms with Crippen LogP contribution in [0.15, 0.2) is 35.1 Å². The molecule has 0 fully saturated rings. The topological polar surface area (TPSA) is 59.0 Å². The van der Waals surface area contributed by atoms with Crippen molar-refractivity contribution in [3.63, 3.8) is 0 Å². The molecule has 2 rings (SSSR count). The quantitative estimate of drug-likeness (QED) is 0.827. The van der Waals surface area contributed by atoms with Gasteiger partial charge in [-0.15, -0.1) is 0 Å². The van der Waals surface area contributed by atoms with E-state index in [1.165, 1.54) is 17.0 Å². The number of nitrogens with one attached hydrogen (secondary N) is 1. The smallest absolute Gasteiger partial charge is 0.294 e. The summed E-state index contributed by atoms with van der Waals surface area (Å²) in [5.41, 5.74) is -0.562. The normalized spacial score (nSPS) is 10.5. The van der Waals surface area contributed by atoms with Gasteiger partial charge in [0.1, 0.15) is 17.9 Å². The van der Waals surface area contributed by atoms with Crippen molar-refractivity contribution in [3.8, 4) is 0 Å². The second-order valence-electron chi connectivity index (χ2n) is 3.38. The monoisotopic (exact) mass is 238 g/mol. The molecule has 1 aromatic carbocycles. The van der Waals surface area contributed by atoms with E-state index in [-0.39, 0.29) is 17.8 Å². The van der Waals surface area contributed by atoms with E-state index in [1.807, 2.05) is 0 Å². The molecule has 0 aliphatic carbocycles. The summed E-state index contributed by atoms with van der Waals surface area (Å²) in [6.45, 7) is -0.268. The fourth-order valence-electron chi connectivity index (χ4n) is 1.38. The van der Waals surface area contributed by atoms with Gasteiger partial charge in [0.05, 0.1) is 12.1 Å². The maximum absolute atomic E-state index is 13.3. The van der Waals surface area contributed by atoms with Crippen LogP contribution in [-0.4, -0.2) is 10.4 Å². The van der Waals surface area contributed by atoms with Gasteiger partial charge in [-0.1, -0.05) is 0 Å². The molecule has 1 heterocycles. The number of benzene rings is 1. The Morgan fingerprint density at radius 2 is 2.18 bits per heavy atom. The highest BCUT2D eigenvalue weighted by Gasteiger charge is 2.13. The third-order valence-electron chi connectivity index (χ3n) is 2.22. The van der Waals surface area contributed by atoms with Crippen molar-refractivity contribution in [3.05, 3.63) is 53.5 Å². The first kappa shape index (κ1) is 11.3. The lowest BCUT2D eigenvalue weighted by molar-refractivity contribution is 0.0964. The molecule has 0 radical (unpaired) electrons. The van der Waals surface area contributed by atoms with Crippen LogP contribution in [0.4, 0.5) is 8.78 Å². The standard InChI is InChI=1S/C11H8F2N2O2/c12-7-1-2-9(13)8(5-7)10(16)6-15-3-4-17-11(15)14/h1-5,14H,6H2. The van der Waals surface area contributed by atoms with Crippen molar-refractivity contribution in [1.82, 2.24) is 4.57 Å². The molecule has 0 aliphatic rings. The Labute approximate surface area is 94.6 Å². The van der Waals surface area contributed by atoms with Gasteiger partial charge >= 0.3 is 0 Å². The SMILES string of the molecule is N=c1occn1CC(=O)c1cc(F)ccc1F. The average Bonchev–Trinajstić information content (AvgIpc) is 2.68. The van der Waals surface area contributed by atoms with Crippen LogP contribution in [0.25, 0.3) is 0 Å². The summed E-state index contributed by atoms with van der Waals surface area (Å²) in [6, 6.07) is 2.67. The summed E-state index contributed by atoms with van der Waals surface area (Å²) in [6.07, 6.45) is 2.61. The van der Waals surface area contributed by atoms with Gasteiger partial charge in [0.2, 0.25) is 0 Å². The highest BCUT2D eigenvalue weighted by Crippen LogP contribution is 2.11. The second kappa shape index (κ2) is 4.32. The summed E-state index contributed by atoms with van der Waals surface area (Å²) in [5.74, 6) is -2.09. The summed E-state index contributed by atoms with van der Waals surface area (Å²) >= 11 is 0. The van der Waals surface area contributed by atoms with E-state index in [4.69, 9.17) is 5.41 Å². The van der Waals surface area contributed by atoms with Gasteiger partial charge in [0.15, 0.2) is 5.78 Å². The van der Waals surface area contributed by atoms with Gasteiger partial charge in [-0.25, -0.2) is 8.78 Å². The number of ketones is 1. The van der Waals surface area contributed by atoms with E-state index in [0.717, 1.165) is 18.2 Å². The van der Waals surface area contributed by atoms with Gasteiger partial charge in [0, 0.05) is 6.20 Å². The Morgan fingerprint density at radius 3 is 2.82 bits per heavy atom. The summed E-state index contributed by atoms with van der Waals surface area (Å²) < 4.78 is 32.0. The lowest BCUT2D eigenvalue weighted by Gasteiger charge is -2.03. The van der Waals surface area contributed by atoms with Crippen molar-refractivity contribution in [2.75, 3.05) is 0 Å².